The summed E-state index contributed by atoms with van der Waals surface area (Å²) in [6.45, 7) is 4.57. The summed E-state index contributed by atoms with van der Waals surface area (Å²) in [7, 11) is 3.59. The fourth-order valence-electron chi connectivity index (χ4n) is 1.15. The number of carbonyl (C=O) groups excluding carboxylic acids is 1. The standard InChI is InChI=1S/C11H23NO3/c1-4-5-9-15-11(13)10-12(2)7-6-8-14-3/h4-10H2,1-3H3. The Labute approximate surface area is 92.5 Å². The first-order valence-corrected chi connectivity index (χ1v) is 5.53. The van der Waals surface area contributed by atoms with Gasteiger partial charge in [0.05, 0.1) is 13.2 Å². The molecule has 0 radical (unpaired) electrons. The van der Waals surface area contributed by atoms with Crippen LogP contribution in [0.2, 0.25) is 0 Å². The zero-order valence-electron chi connectivity index (χ0n) is 10.1. The smallest absolute Gasteiger partial charge is 0.320 e. The summed E-state index contributed by atoms with van der Waals surface area (Å²) in [6.07, 6.45) is 2.94. The molecule has 0 aliphatic heterocycles. The molecule has 4 heteroatoms. The van der Waals surface area contributed by atoms with Crippen LogP contribution in [-0.2, 0) is 14.3 Å². The number of nitrogens with zero attached hydrogens (tertiary/aromatic N) is 1. The largest absolute Gasteiger partial charge is 0.465 e. The van der Waals surface area contributed by atoms with E-state index >= 15 is 0 Å². The molecule has 0 amide bonds. The van der Waals surface area contributed by atoms with Gasteiger partial charge in [0.1, 0.15) is 0 Å². The Balaban J connectivity index is 3.40. The zero-order valence-corrected chi connectivity index (χ0v) is 10.1. The molecule has 0 aromatic heterocycles. The molecule has 0 rings (SSSR count). The second-order valence-corrected chi connectivity index (χ2v) is 3.66. The van der Waals surface area contributed by atoms with Gasteiger partial charge in [0.15, 0.2) is 0 Å². The van der Waals surface area contributed by atoms with Crippen molar-refractivity contribution in [3.63, 3.8) is 0 Å². The highest BCUT2D eigenvalue weighted by molar-refractivity contribution is 5.71. The third kappa shape index (κ3) is 9.69. The lowest BCUT2D eigenvalue weighted by Gasteiger charge is -2.15. The van der Waals surface area contributed by atoms with Crippen LogP contribution >= 0.6 is 0 Å². The van der Waals surface area contributed by atoms with Crippen molar-refractivity contribution in [2.24, 2.45) is 0 Å². The van der Waals surface area contributed by atoms with Crippen LogP contribution in [0.4, 0.5) is 0 Å². The van der Waals surface area contributed by atoms with Crippen molar-refractivity contribution in [2.75, 3.05) is 40.5 Å². The summed E-state index contributed by atoms with van der Waals surface area (Å²) in [5, 5.41) is 0. The molecule has 90 valence electrons. The Kier molecular flexibility index (Phi) is 9.52. The van der Waals surface area contributed by atoms with Gasteiger partial charge in [0.25, 0.3) is 0 Å². The first-order chi connectivity index (χ1) is 7.20. The normalized spacial score (nSPS) is 10.7. The number of methoxy groups -OCH3 is 1. The molecule has 0 N–H and O–H groups in total. The molecule has 0 atom stereocenters. The number of hydrogen-bond donors (Lipinski definition) is 0. The summed E-state index contributed by atoms with van der Waals surface area (Å²) in [5.41, 5.74) is 0. The monoisotopic (exact) mass is 217 g/mol. The Morgan fingerprint density at radius 3 is 2.60 bits per heavy atom. The number of ether oxygens (including phenoxy) is 2. The highest BCUT2D eigenvalue weighted by atomic mass is 16.5. The lowest BCUT2D eigenvalue weighted by Crippen LogP contribution is -2.29. The van der Waals surface area contributed by atoms with Gasteiger partial charge in [-0.15, -0.1) is 0 Å². The molecule has 0 bridgehead atoms. The van der Waals surface area contributed by atoms with E-state index in [0.717, 1.165) is 32.4 Å². The maximum Gasteiger partial charge on any atom is 0.320 e. The molecule has 0 aliphatic rings. The summed E-state index contributed by atoms with van der Waals surface area (Å²) >= 11 is 0. The maximum absolute atomic E-state index is 11.3. The van der Waals surface area contributed by atoms with Crippen LogP contribution in [0.25, 0.3) is 0 Å². The molecule has 0 saturated heterocycles. The number of hydrogen-bond acceptors (Lipinski definition) is 4. The van der Waals surface area contributed by atoms with E-state index in [4.69, 9.17) is 9.47 Å². The fraction of sp³-hybridized carbons (Fsp3) is 0.909. The molecule has 0 fully saturated rings. The van der Waals surface area contributed by atoms with Gasteiger partial charge >= 0.3 is 5.97 Å². The topological polar surface area (TPSA) is 38.8 Å². The third-order valence-electron chi connectivity index (χ3n) is 2.05. The summed E-state index contributed by atoms with van der Waals surface area (Å²) < 4.78 is 9.98. The van der Waals surface area contributed by atoms with Crippen molar-refractivity contribution < 1.29 is 14.3 Å². The van der Waals surface area contributed by atoms with E-state index in [2.05, 4.69) is 6.92 Å². The van der Waals surface area contributed by atoms with E-state index in [9.17, 15) is 4.79 Å². The summed E-state index contributed by atoms with van der Waals surface area (Å²) in [4.78, 5) is 13.2. The van der Waals surface area contributed by atoms with E-state index in [1.807, 2.05) is 11.9 Å². The van der Waals surface area contributed by atoms with Gasteiger partial charge in [0.2, 0.25) is 0 Å². The first-order valence-electron chi connectivity index (χ1n) is 5.53. The van der Waals surface area contributed by atoms with E-state index in [1.54, 1.807) is 7.11 Å². The van der Waals surface area contributed by atoms with E-state index in [0.29, 0.717) is 13.2 Å². The van der Waals surface area contributed by atoms with Crippen LogP contribution in [0.5, 0.6) is 0 Å². The average Bonchev–Trinajstić information content (AvgIpc) is 2.18. The van der Waals surface area contributed by atoms with Crippen LogP contribution in [-0.4, -0.2) is 51.3 Å². The van der Waals surface area contributed by atoms with Crippen LogP contribution in [0.3, 0.4) is 0 Å². The second-order valence-electron chi connectivity index (χ2n) is 3.66. The van der Waals surface area contributed by atoms with Gasteiger partial charge in [-0.25, -0.2) is 0 Å². The molecular weight excluding hydrogens is 194 g/mol. The van der Waals surface area contributed by atoms with Gasteiger partial charge in [0, 0.05) is 20.3 Å². The van der Waals surface area contributed by atoms with Crippen molar-refractivity contribution in [2.45, 2.75) is 26.2 Å². The van der Waals surface area contributed by atoms with Gasteiger partial charge in [-0.05, 0) is 19.9 Å². The fourth-order valence-corrected chi connectivity index (χ4v) is 1.15. The molecule has 4 nitrogen and oxygen atoms in total. The number of rotatable bonds is 9. The molecule has 0 spiro atoms. The molecule has 0 heterocycles. The average molecular weight is 217 g/mol. The van der Waals surface area contributed by atoms with Crippen LogP contribution < -0.4 is 0 Å². The highest BCUT2D eigenvalue weighted by Gasteiger charge is 2.06. The molecule has 0 aromatic carbocycles. The number of unbranched alkanes of at least 4 members (excludes halogenated alkanes) is 1. The minimum absolute atomic E-state index is 0.136. The first kappa shape index (κ1) is 14.4. The van der Waals surface area contributed by atoms with Gasteiger partial charge in [-0.1, -0.05) is 13.3 Å². The molecular formula is C11H23NO3. The quantitative estimate of drug-likeness (QED) is 0.431. The van der Waals surface area contributed by atoms with Crippen LogP contribution in [0.1, 0.15) is 26.2 Å². The zero-order chi connectivity index (χ0) is 11.5. The molecule has 15 heavy (non-hydrogen) atoms. The van der Waals surface area contributed by atoms with Crippen molar-refractivity contribution in [1.82, 2.24) is 4.90 Å². The van der Waals surface area contributed by atoms with Crippen LogP contribution in [0, 0.1) is 0 Å². The summed E-state index contributed by atoms with van der Waals surface area (Å²) in [5.74, 6) is -0.136. The predicted molar refractivity (Wildman–Crippen MR) is 59.9 cm³/mol. The Morgan fingerprint density at radius 2 is 2.00 bits per heavy atom. The Morgan fingerprint density at radius 1 is 1.27 bits per heavy atom. The van der Waals surface area contributed by atoms with E-state index in [-0.39, 0.29) is 5.97 Å². The molecule has 0 aromatic rings. The van der Waals surface area contributed by atoms with E-state index in [1.165, 1.54) is 0 Å². The highest BCUT2D eigenvalue weighted by Crippen LogP contribution is 1.92. The number of esters is 1. The van der Waals surface area contributed by atoms with Gasteiger partial charge < -0.3 is 9.47 Å². The minimum atomic E-state index is -0.136. The molecule has 0 saturated carbocycles. The van der Waals surface area contributed by atoms with Gasteiger partial charge in [-0.2, -0.15) is 0 Å². The lowest BCUT2D eigenvalue weighted by molar-refractivity contribution is -0.144. The van der Waals surface area contributed by atoms with E-state index < -0.39 is 0 Å². The minimum Gasteiger partial charge on any atom is -0.465 e. The third-order valence-corrected chi connectivity index (χ3v) is 2.05. The Bertz CT molecular complexity index is 162. The van der Waals surface area contributed by atoms with Crippen molar-refractivity contribution in [3.8, 4) is 0 Å². The SMILES string of the molecule is CCCCOC(=O)CN(C)CCCOC. The Hall–Kier alpha value is -0.610. The summed E-state index contributed by atoms with van der Waals surface area (Å²) in [6, 6.07) is 0. The number of likely N-dealkylation sites (N-methyl/N-ethyl adjacent to an activating group) is 1. The molecule has 0 aliphatic carbocycles. The van der Waals surface area contributed by atoms with Gasteiger partial charge in [-0.3, -0.25) is 9.69 Å². The van der Waals surface area contributed by atoms with Crippen molar-refractivity contribution in [3.05, 3.63) is 0 Å². The maximum atomic E-state index is 11.3. The van der Waals surface area contributed by atoms with Crippen molar-refractivity contribution >= 4 is 5.97 Å². The predicted octanol–water partition coefficient (Wildman–Crippen LogP) is 1.30. The molecule has 0 unspecified atom stereocenters. The van der Waals surface area contributed by atoms with Crippen LogP contribution in [0.15, 0.2) is 0 Å². The number of carbonyl (C=O) groups is 1. The lowest BCUT2D eigenvalue weighted by atomic mass is 10.4. The van der Waals surface area contributed by atoms with Crippen molar-refractivity contribution in [1.29, 1.82) is 0 Å². The second kappa shape index (κ2) is 9.93.